The summed E-state index contributed by atoms with van der Waals surface area (Å²) in [6.07, 6.45) is 0.923. The molecule has 4 aromatic rings. The van der Waals surface area contributed by atoms with Gasteiger partial charge in [-0.3, -0.25) is 19.2 Å². The first-order chi connectivity index (χ1) is 21.1. The molecule has 11 heteroatoms. The fourth-order valence-electron chi connectivity index (χ4n) is 4.67. The number of aromatic nitrogens is 3. The predicted octanol–water partition coefficient (Wildman–Crippen LogP) is 6.05. The Labute approximate surface area is 261 Å². The maximum Gasteiger partial charge on any atom is 0.324 e. The molecule has 2 heterocycles. The van der Waals surface area contributed by atoms with Crippen molar-refractivity contribution in [2.24, 2.45) is 5.41 Å². The molecule has 0 aliphatic carbocycles. The van der Waals surface area contributed by atoms with Gasteiger partial charge in [-0.25, -0.2) is 4.68 Å². The summed E-state index contributed by atoms with van der Waals surface area (Å²) in [4.78, 5) is 55.1. The van der Waals surface area contributed by atoms with E-state index in [1.54, 1.807) is 90.1 Å². The van der Waals surface area contributed by atoms with E-state index in [1.165, 1.54) is 0 Å². The molecule has 0 spiro atoms. The number of aryl methyl sites for hydroxylation is 1. The Hall–Kier alpha value is -4.54. The summed E-state index contributed by atoms with van der Waals surface area (Å²) in [6.45, 7) is 12.3. The zero-order valence-electron chi connectivity index (χ0n) is 27.0. The molecule has 0 saturated heterocycles. The monoisotopic (exact) mass is 619 g/mol. The van der Waals surface area contributed by atoms with Gasteiger partial charge in [0.1, 0.15) is 28.1 Å². The number of carbonyl (C=O) groups excluding carboxylic acids is 3. The molecule has 0 aliphatic heterocycles. The number of ketones is 1. The van der Waals surface area contributed by atoms with Crippen LogP contribution in [0.3, 0.4) is 0 Å². The summed E-state index contributed by atoms with van der Waals surface area (Å²) >= 11 is 0. The number of carbonyl (C=O) groups is 3. The third-order valence-corrected chi connectivity index (χ3v) is 6.95. The van der Waals surface area contributed by atoms with Gasteiger partial charge in [0.05, 0.1) is 12.0 Å². The number of nitrogens with zero attached hydrogens (tertiary/aromatic N) is 3. The number of ether oxygens (including phenoxy) is 3. The molecular formula is C34H41N3O8. The van der Waals surface area contributed by atoms with Crippen LogP contribution in [0.25, 0.3) is 21.9 Å². The normalized spacial score (nSPS) is 12.3. The number of fused-ring (bicyclic) bond motifs is 2. The van der Waals surface area contributed by atoms with Crippen molar-refractivity contribution >= 4 is 39.6 Å². The lowest BCUT2D eigenvalue weighted by Crippen LogP contribution is -2.49. The molecule has 2 aromatic carbocycles. The summed E-state index contributed by atoms with van der Waals surface area (Å²) in [5, 5.41) is 9.09. The summed E-state index contributed by atoms with van der Waals surface area (Å²) < 4.78 is 24.2. The lowest BCUT2D eigenvalue weighted by molar-refractivity contribution is -0.186. The number of benzene rings is 2. The smallest absolute Gasteiger partial charge is 0.324 e. The fourth-order valence-corrected chi connectivity index (χ4v) is 4.67. The molecule has 0 bridgehead atoms. The molecule has 4 rings (SSSR count). The number of Topliss-reactive ketones (excluding diaryl/α,β-unsaturated/α-hetero) is 1. The van der Waals surface area contributed by atoms with Crippen molar-refractivity contribution in [3.8, 4) is 5.75 Å². The maximum atomic E-state index is 14.0. The van der Waals surface area contributed by atoms with Crippen LogP contribution < -0.4 is 10.3 Å². The number of esters is 2. The van der Waals surface area contributed by atoms with E-state index in [0.29, 0.717) is 34.2 Å². The molecule has 0 saturated carbocycles. The molecule has 2 aromatic heterocycles. The Kier molecular flexibility index (Phi) is 9.79. The Morgan fingerprint density at radius 3 is 2.22 bits per heavy atom. The van der Waals surface area contributed by atoms with Crippen molar-refractivity contribution in [2.45, 2.75) is 91.9 Å². The van der Waals surface area contributed by atoms with Crippen LogP contribution in [0.2, 0.25) is 0 Å². The number of hydrogen-bond acceptors (Lipinski definition) is 10. The van der Waals surface area contributed by atoms with Crippen LogP contribution in [0.1, 0.15) is 84.7 Å². The Bertz CT molecular complexity index is 1730. The number of unbranched alkanes of at least 4 members (excludes halogenated alkanes) is 1. The van der Waals surface area contributed by atoms with Gasteiger partial charge in [0.15, 0.2) is 17.0 Å². The van der Waals surface area contributed by atoms with Crippen molar-refractivity contribution in [3.05, 3.63) is 64.6 Å². The molecule has 0 unspecified atom stereocenters. The lowest BCUT2D eigenvalue weighted by Gasteiger charge is -2.34. The first-order valence-electron chi connectivity index (χ1n) is 15.1. The standard InChI is InChI=1S/C34H41N3O8/c1-8-9-18-42-23-15-14-22-19-28(43-27(22)20-23)26(38)21-34(30(40)44-32(2,3)4,31(41)45-33(5,6)7)16-17-37-29(39)24-12-10-11-13-25(24)35-36-37/h10-15,19-20H,8-9,16-18,21H2,1-7H3. The number of furan rings is 1. The molecule has 0 amide bonds. The largest absolute Gasteiger partial charge is 0.493 e. The highest BCUT2D eigenvalue weighted by molar-refractivity contribution is 6.08. The van der Waals surface area contributed by atoms with Crippen LogP contribution in [0.5, 0.6) is 5.75 Å². The summed E-state index contributed by atoms with van der Waals surface area (Å²) in [6, 6.07) is 13.5. The summed E-state index contributed by atoms with van der Waals surface area (Å²) in [5.41, 5.74) is -3.77. The fraction of sp³-hybridized carbons (Fsp3) is 0.471. The molecule has 0 radical (unpaired) electrons. The van der Waals surface area contributed by atoms with E-state index in [0.717, 1.165) is 17.5 Å². The van der Waals surface area contributed by atoms with Crippen LogP contribution in [0.15, 0.2) is 57.7 Å². The van der Waals surface area contributed by atoms with Crippen molar-refractivity contribution in [3.63, 3.8) is 0 Å². The van der Waals surface area contributed by atoms with Gasteiger partial charge in [-0.1, -0.05) is 30.7 Å². The highest BCUT2D eigenvalue weighted by atomic mass is 16.6. The predicted molar refractivity (Wildman–Crippen MR) is 168 cm³/mol. The van der Waals surface area contributed by atoms with Crippen LogP contribution in [-0.4, -0.2) is 50.5 Å². The Morgan fingerprint density at radius 2 is 1.58 bits per heavy atom. The minimum atomic E-state index is -2.14. The van der Waals surface area contributed by atoms with Crippen molar-refractivity contribution in [2.75, 3.05) is 6.61 Å². The van der Waals surface area contributed by atoms with Gasteiger partial charge in [-0.15, -0.1) is 5.10 Å². The van der Waals surface area contributed by atoms with E-state index in [2.05, 4.69) is 17.2 Å². The zero-order chi connectivity index (χ0) is 33.0. The zero-order valence-corrected chi connectivity index (χ0v) is 27.0. The number of rotatable bonds is 12. The second-order valence-corrected chi connectivity index (χ2v) is 13.1. The second-order valence-electron chi connectivity index (χ2n) is 13.1. The Balaban J connectivity index is 1.74. The molecule has 11 nitrogen and oxygen atoms in total. The Morgan fingerprint density at radius 1 is 0.911 bits per heavy atom. The van der Waals surface area contributed by atoms with Gasteiger partial charge in [0.2, 0.25) is 0 Å². The SMILES string of the molecule is CCCCOc1ccc2cc(C(=O)CC(CCn3nnc4ccccc4c3=O)(C(=O)OC(C)(C)C)C(=O)OC(C)(C)C)oc2c1. The summed E-state index contributed by atoms with van der Waals surface area (Å²) in [7, 11) is 0. The van der Waals surface area contributed by atoms with E-state index in [4.69, 9.17) is 18.6 Å². The maximum absolute atomic E-state index is 14.0. The van der Waals surface area contributed by atoms with Gasteiger partial charge in [-0.2, -0.15) is 0 Å². The van der Waals surface area contributed by atoms with Crippen molar-refractivity contribution in [1.29, 1.82) is 0 Å². The molecule has 0 aliphatic rings. The van der Waals surface area contributed by atoms with Gasteiger partial charge in [0, 0.05) is 24.4 Å². The van der Waals surface area contributed by atoms with E-state index in [-0.39, 0.29) is 18.7 Å². The molecular weight excluding hydrogens is 578 g/mol. The second kappa shape index (κ2) is 13.2. The minimum absolute atomic E-state index is 0.0464. The van der Waals surface area contributed by atoms with E-state index in [1.807, 2.05) is 0 Å². The van der Waals surface area contributed by atoms with Crippen molar-refractivity contribution in [1.82, 2.24) is 15.0 Å². The van der Waals surface area contributed by atoms with Crippen LogP contribution in [0, 0.1) is 5.41 Å². The van der Waals surface area contributed by atoms with Crippen LogP contribution in [-0.2, 0) is 25.6 Å². The van der Waals surface area contributed by atoms with Crippen LogP contribution >= 0.6 is 0 Å². The minimum Gasteiger partial charge on any atom is -0.493 e. The average molecular weight is 620 g/mol. The average Bonchev–Trinajstić information content (AvgIpc) is 3.38. The number of hydrogen-bond donors (Lipinski definition) is 0. The molecule has 0 atom stereocenters. The quantitative estimate of drug-likeness (QED) is 0.0797. The van der Waals surface area contributed by atoms with Gasteiger partial charge in [0.25, 0.3) is 5.56 Å². The first-order valence-corrected chi connectivity index (χ1v) is 15.1. The van der Waals surface area contributed by atoms with E-state index >= 15 is 0 Å². The highest BCUT2D eigenvalue weighted by Gasteiger charge is 2.53. The molecule has 0 N–H and O–H groups in total. The lowest BCUT2D eigenvalue weighted by atomic mass is 9.78. The van der Waals surface area contributed by atoms with Crippen molar-refractivity contribution < 1.29 is 33.0 Å². The van der Waals surface area contributed by atoms with Gasteiger partial charge < -0.3 is 18.6 Å². The molecule has 240 valence electrons. The highest BCUT2D eigenvalue weighted by Crippen LogP contribution is 2.37. The molecule has 45 heavy (non-hydrogen) atoms. The summed E-state index contributed by atoms with van der Waals surface area (Å²) in [5.74, 6) is -1.98. The van der Waals surface area contributed by atoms with E-state index in [9.17, 15) is 19.2 Å². The van der Waals surface area contributed by atoms with Gasteiger partial charge in [-0.05, 0) is 84.7 Å². The molecule has 0 fully saturated rings. The third-order valence-electron chi connectivity index (χ3n) is 6.95. The van der Waals surface area contributed by atoms with E-state index < -0.39 is 46.3 Å². The topological polar surface area (TPSA) is 140 Å². The third kappa shape index (κ3) is 8.14. The van der Waals surface area contributed by atoms with Gasteiger partial charge >= 0.3 is 11.9 Å². The first kappa shape index (κ1) is 33.4. The van der Waals surface area contributed by atoms with Crippen LogP contribution in [0.4, 0.5) is 0 Å².